The van der Waals surface area contributed by atoms with Crippen molar-refractivity contribution < 1.29 is 14.3 Å². The third-order valence-corrected chi connectivity index (χ3v) is 2.03. The molecule has 1 rings (SSSR count). The van der Waals surface area contributed by atoms with Gasteiger partial charge in [-0.05, 0) is 31.2 Å². The highest BCUT2D eigenvalue weighted by atomic mass is 35.5. The van der Waals surface area contributed by atoms with Crippen molar-refractivity contribution in [1.82, 2.24) is 5.32 Å². The molecule has 1 N–H and O–H groups in total. The lowest BCUT2D eigenvalue weighted by Gasteiger charge is -2.08. The van der Waals surface area contributed by atoms with Crippen molar-refractivity contribution in [1.29, 1.82) is 0 Å². The van der Waals surface area contributed by atoms with Crippen molar-refractivity contribution in [2.75, 3.05) is 6.61 Å². The van der Waals surface area contributed by atoms with Crippen molar-refractivity contribution in [3.8, 4) is 5.75 Å². The first-order chi connectivity index (χ1) is 7.61. The summed E-state index contributed by atoms with van der Waals surface area (Å²) in [6.07, 6.45) is 0.653. The standard InChI is InChI=1S/C11H12ClNO3/c1-8(6-14)13-11(15)7-16-10-4-2-9(12)3-5-10/h2-6,8H,7H2,1H3,(H,13,15)/t8-/m0/s1. The van der Waals surface area contributed by atoms with Gasteiger partial charge in [-0.25, -0.2) is 0 Å². The van der Waals surface area contributed by atoms with E-state index in [1.807, 2.05) is 0 Å². The first-order valence-electron chi connectivity index (χ1n) is 4.75. The van der Waals surface area contributed by atoms with Crippen LogP contribution in [0.5, 0.6) is 5.75 Å². The lowest BCUT2D eigenvalue weighted by molar-refractivity contribution is -0.125. The van der Waals surface area contributed by atoms with E-state index in [0.29, 0.717) is 17.1 Å². The first kappa shape index (κ1) is 12.5. The van der Waals surface area contributed by atoms with Gasteiger partial charge in [0.2, 0.25) is 0 Å². The van der Waals surface area contributed by atoms with E-state index in [2.05, 4.69) is 5.32 Å². The fourth-order valence-electron chi connectivity index (χ4n) is 1.01. The molecule has 16 heavy (non-hydrogen) atoms. The zero-order valence-electron chi connectivity index (χ0n) is 8.77. The molecule has 0 fully saturated rings. The molecule has 0 heterocycles. The molecule has 0 aliphatic heterocycles. The van der Waals surface area contributed by atoms with Crippen LogP contribution in [0.15, 0.2) is 24.3 Å². The molecule has 0 unspecified atom stereocenters. The second-order valence-electron chi connectivity index (χ2n) is 3.23. The summed E-state index contributed by atoms with van der Waals surface area (Å²) in [6.45, 7) is 1.47. The third kappa shape index (κ3) is 4.31. The Bertz CT molecular complexity index is 364. The van der Waals surface area contributed by atoms with Gasteiger partial charge in [0, 0.05) is 5.02 Å². The average molecular weight is 242 g/mol. The third-order valence-electron chi connectivity index (χ3n) is 1.78. The number of halogens is 1. The lowest BCUT2D eigenvalue weighted by Crippen LogP contribution is -2.36. The van der Waals surface area contributed by atoms with Crippen LogP contribution in [0.3, 0.4) is 0 Å². The molecule has 1 atom stereocenters. The van der Waals surface area contributed by atoms with Crippen LogP contribution < -0.4 is 10.1 Å². The summed E-state index contributed by atoms with van der Waals surface area (Å²) in [5.41, 5.74) is 0. The van der Waals surface area contributed by atoms with Gasteiger partial charge in [-0.3, -0.25) is 4.79 Å². The van der Waals surface area contributed by atoms with Gasteiger partial charge in [0.05, 0.1) is 6.04 Å². The van der Waals surface area contributed by atoms with Gasteiger partial charge in [0.25, 0.3) is 5.91 Å². The fraction of sp³-hybridized carbons (Fsp3) is 0.273. The number of aldehydes is 1. The predicted molar refractivity (Wildman–Crippen MR) is 60.6 cm³/mol. The molecule has 5 heteroatoms. The number of amides is 1. The number of nitrogens with one attached hydrogen (secondary N) is 1. The summed E-state index contributed by atoms with van der Waals surface area (Å²) in [6, 6.07) is 6.17. The van der Waals surface area contributed by atoms with Crippen molar-refractivity contribution in [2.24, 2.45) is 0 Å². The molecule has 1 aromatic rings. The second kappa shape index (κ2) is 6.12. The minimum absolute atomic E-state index is 0.125. The Morgan fingerprint density at radius 3 is 2.69 bits per heavy atom. The summed E-state index contributed by atoms with van der Waals surface area (Å²) in [7, 11) is 0. The van der Waals surface area contributed by atoms with E-state index < -0.39 is 6.04 Å². The van der Waals surface area contributed by atoms with Crippen molar-refractivity contribution in [3.63, 3.8) is 0 Å². The molecule has 0 radical (unpaired) electrons. The second-order valence-corrected chi connectivity index (χ2v) is 3.67. The molecule has 0 saturated carbocycles. The van der Waals surface area contributed by atoms with Gasteiger partial charge in [-0.1, -0.05) is 11.6 Å². The molecule has 0 aliphatic carbocycles. The molecule has 86 valence electrons. The average Bonchev–Trinajstić information content (AvgIpc) is 2.28. The minimum atomic E-state index is -0.499. The smallest absolute Gasteiger partial charge is 0.258 e. The van der Waals surface area contributed by atoms with Gasteiger partial charge < -0.3 is 14.8 Å². The molecule has 1 amide bonds. The van der Waals surface area contributed by atoms with Crippen LogP contribution >= 0.6 is 11.6 Å². The zero-order chi connectivity index (χ0) is 12.0. The van der Waals surface area contributed by atoms with Crippen LogP contribution in [-0.4, -0.2) is 24.8 Å². The number of rotatable bonds is 5. The van der Waals surface area contributed by atoms with E-state index in [-0.39, 0.29) is 12.5 Å². The Labute approximate surface area is 98.5 Å². The maximum Gasteiger partial charge on any atom is 0.258 e. The molecule has 0 aromatic heterocycles. The zero-order valence-corrected chi connectivity index (χ0v) is 9.53. The molecule has 0 saturated heterocycles. The van der Waals surface area contributed by atoms with Gasteiger partial charge in [-0.15, -0.1) is 0 Å². The topological polar surface area (TPSA) is 55.4 Å². The Kier molecular flexibility index (Phi) is 4.79. The van der Waals surface area contributed by atoms with Crippen LogP contribution in [0.25, 0.3) is 0 Å². The van der Waals surface area contributed by atoms with E-state index in [1.54, 1.807) is 31.2 Å². The summed E-state index contributed by atoms with van der Waals surface area (Å²) in [5.74, 6) is 0.216. The van der Waals surface area contributed by atoms with Crippen molar-refractivity contribution in [2.45, 2.75) is 13.0 Å². The Morgan fingerprint density at radius 1 is 1.50 bits per heavy atom. The van der Waals surface area contributed by atoms with Crippen LogP contribution in [0, 0.1) is 0 Å². The Balaban J connectivity index is 2.37. The summed E-state index contributed by atoms with van der Waals surface area (Å²) in [5, 5.41) is 3.06. The maximum atomic E-state index is 11.2. The van der Waals surface area contributed by atoms with E-state index in [0.717, 1.165) is 0 Å². The molecular weight excluding hydrogens is 230 g/mol. The fourth-order valence-corrected chi connectivity index (χ4v) is 1.14. The van der Waals surface area contributed by atoms with Crippen LogP contribution in [0.4, 0.5) is 0 Å². The van der Waals surface area contributed by atoms with Crippen molar-refractivity contribution >= 4 is 23.8 Å². The monoisotopic (exact) mass is 241 g/mol. The van der Waals surface area contributed by atoms with E-state index >= 15 is 0 Å². The molecule has 0 spiro atoms. The number of hydrogen-bond donors (Lipinski definition) is 1. The minimum Gasteiger partial charge on any atom is -0.484 e. The molecule has 4 nitrogen and oxygen atoms in total. The number of ether oxygens (including phenoxy) is 1. The normalized spacial score (nSPS) is 11.6. The van der Waals surface area contributed by atoms with Gasteiger partial charge in [-0.2, -0.15) is 0 Å². The number of benzene rings is 1. The Hall–Kier alpha value is -1.55. The van der Waals surface area contributed by atoms with Crippen LogP contribution in [0.1, 0.15) is 6.92 Å². The molecule has 1 aromatic carbocycles. The predicted octanol–water partition coefficient (Wildman–Crippen LogP) is 1.42. The highest BCUT2D eigenvalue weighted by Crippen LogP contribution is 2.15. The van der Waals surface area contributed by atoms with Gasteiger partial charge in [0.1, 0.15) is 12.0 Å². The quantitative estimate of drug-likeness (QED) is 0.794. The van der Waals surface area contributed by atoms with E-state index in [1.165, 1.54) is 0 Å². The Morgan fingerprint density at radius 2 is 2.12 bits per heavy atom. The number of carbonyl (C=O) groups excluding carboxylic acids is 2. The highest BCUT2D eigenvalue weighted by Gasteiger charge is 2.06. The summed E-state index contributed by atoms with van der Waals surface area (Å²) in [4.78, 5) is 21.5. The number of carbonyl (C=O) groups is 2. The number of hydrogen-bond acceptors (Lipinski definition) is 3. The summed E-state index contributed by atoms with van der Waals surface area (Å²) < 4.78 is 5.18. The van der Waals surface area contributed by atoms with Crippen LogP contribution in [0.2, 0.25) is 5.02 Å². The van der Waals surface area contributed by atoms with Crippen LogP contribution in [-0.2, 0) is 9.59 Å². The van der Waals surface area contributed by atoms with Crippen molar-refractivity contribution in [3.05, 3.63) is 29.3 Å². The van der Waals surface area contributed by atoms with Gasteiger partial charge >= 0.3 is 0 Å². The van der Waals surface area contributed by atoms with Gasteiger partial charge in [0.15, 0.2) is 6.61 Å². The largest absolute Gasteiger partial charge is 0.484 e. The highest BCUT2D eigenvalue weighted by molar-refractivity contribution is 6.30. The molecular formula is C11H12ClNO3. The first-order valence-corrected chi connectivity index (χ1v) is 5.12. The van der Waals surface area contributed by atoms with E-state index in [4.69, 9.17) is 16.3 Å². The summed E-state index contributed by atoms with van der Waals surface area (Å²) >= 11 is 5.69. The molecule has 0 bridgehead atoms. The molecule has 0 aliphatic rings. The SMILES string of the molecule is C[C@@H](C=O)NC(=O)COc1ccc(Cl)cc1. The maximum absolute atomic E-state index is 11.2. The lowest BCUT2D eigenvalue weighted by atomic mass is 10.3. The van der Waals surface area contributed by atoms with E-state index in [9.17, 15) is 9.59 Å².